The molecule has 4 heteroatoms. The normalized spacial score (nSPS) is 16.4. The van der Waals surface area contributed by atoms with Crippen LogP contribution >= 0.6 is 23.2 Å². The quantitative estimate of drug-likeness (QED) is 0.463. The average molecular weight is 171 g/mol. The molecule has 0 aliphatic heterocycles. The monoisotopic (exact) mass is 170 g/mol. The molecule has 9 heavy (non-hydrogen) atoms. The molecule has 0 aromatic heterocycles. The average Bonchev–Trinajstić information content (AvgIpc) is 1.84. The van der Waals surface area contributed by atoms with E-state index in [1.54, 1.807) is 6.92 Å². The number of methoxy groups -OCH3 is 1. The summed E-state index contributed by atoms with van der Waals surface area (Å²) < 4.78 is 4.32. The van der Waals surface area contributed by atoms with Gasteiger partial charge in [0.25, 0.3) is 0 Å². The zero-order chi connectivity index (χ0) is 7.44. The van der Waals surface area contributed by atoms with Crippen molar-refractivity contribution in [1.29, 1.82) is 0 Å². The summed E-state index contributed by atoms with van der Waals surface area (Å²) in [5, 5.41) is -1.13. The summed E-state index contributed by atoms with van der Waals surface area (Å²) in [5.41, 5.74) is 0. The summed E-state index contributed by atoms with van der Waals surface area (Å²) in [6.07, 6.45) is 0. The molecular weight excluding hydrogens is 163 g/mol. The van der Waals surface area contributed by atoms with Crippen LogP contribution in [0.25, 0.3) is 0 Å². The van der Waals surface area contributed by atoms with Crippen LogP contribution in [0.2, 0.25) is 0 Å². The first-order chi connectivity index (χ1) is 4.09. The van der Waals surface area contributed by atoms with E-state index in [4.69, 9.17) is 23.2 Å². The van der Waals surface area contributed by atoms with Crippen molar-refractivity contribution >= 4 is 29.2 Å². The zero-order valence-electron chi connectivity index (χ0n) is 5.23. The van der Waals surface area contributed by atoms with Crippen LogP contribution in [0.3, 0.4) is 0 Å². The highest BCUT2D eigenvalue weighted by atomic mass is 35.5. The Labute approximate surface area is 64.1 Å². The maximum Gasteiger partial charge on any atom is 0.325 e. The van der Waals surface area contributed by atoms with Gasteiger partial charge in [0, 0.05) is 0 Å². The number of ether oxygens (including phenoxy) is 1. The van der Waals surface area contributed by atoms with Gasteiger partial charge in [0.15, 0.2) is 0 Å². The number of hydrogen-bond donors (Lipinski definition) is 0. The van der Waals surface area contributed by atoms with E-state index in [2.05, 4.69) is 4.74 Å². The third-order valence-electron chi connectivity index (χ3n) is 0.830. The highest BCUT2D eigenvalue weighted by molar-refractivity contribution is 6.36. The number of rotatable bonds is 2. The lowest BCUT2D eigenvalue weighted by molar-refractivity contribution is -0.140. The Kier molecular flexibility index (Phi) is 3.98. The van der Waals surface area contributed by atoms with Crippen LogP contribution in [-0.4, -0.2) is 23.8 Å². The van der Waals surface area contributed by atoms with Crippen LogP contribution in [-0.2, 0) is 9.53 Å². The molecule has 0 aromatic rings. The van der Waals surface area contributed by atoms with Crippen LogP contribution in [0, 0.1) is 0 Å². The first-order valence-electron chi connectivity index (χ1n) is 2.45. The molecule has 0 rings (SSSR count). The standard InChI is InChI=1S/C5H8Cl2O2/c1-3(6)4(7)5(8)9-2/h3-4H,1-2H3/t3-,4+/m0/s1. The lowest BCUT2D eigenvalue weighted by atomic mass is 10.3. The minimum atomic E-state index is -0.739. The molecule has 2 atom stereocenters. The van der Waals surface area contributed by atoms with Crippen molar-refractivity contribution in [3.63, 3.8) is 0 Å². The smallest absolute Gasteiger partial charge is 0.325 e. The Hall–Kier alpha value is 0.0500. The Morgan fingerprint density at radius 3 is 2.11 bits per heavy atom. The van der Waals surface area contributed by atoms with Gasteiger partial charge in [-0.3, -0.25) is 4.79 Å². The molecule has 0 saturated heterocycles. The molecule has 0 heterocycles. The van der Waals surface area contributed by atoms with E-state index in [1.807, 2.05) is 0 Å². The largest absolute Gasteiger partial charge is 0.468 e. The molecule has 0 amide bonds. The van der Waals surface area contributed by atoms with Gasteiger partial charge in [-0.05, 0) is 6.92 Å². The van der Waals surface area contributed by atoms with Gasteiger partial charge < -0.3 is 4.74 Å². The van der Waals surface area contributed by atoms with Crippen molar-refractivity contribution in [2.75, 3.05) is 7.11 Å². The Morgan fingerprint density at radius 1 is 1.56 bits per heavy atom. The minimum Gasteiger partial charge on any atom is -0.468 e. The van der Waals surface area contributed by atoms with Crippen molar-refractivity contribution in [3.8, 4) is 0 Å². The second-order valence-electron chi connectivity index (χ2n) is 1.60. The molecule has 0 aromatic carbocycles. The Bertz CT molecular complexity index is 103. The van der Waals surface area contributed by atoms with E-state index in [1.165, 1.54) is 7.11 Å². The van der Waals surface area contributed by atoms with Gasteiger partial charge in [0.2, 0.25) is 0 Å². The summed E-state index contributed by atoms with van der Waals surface area (Å²) >= 11 is 10.9. The molecule has 0 N–H and O–H groups in total. The summed E-state index contributed by atoms with van der Waals surface area (Å²) in [6.45, 7) is 1.64. The van der Waals surface area contributed by atoms with E-state index in [0.29, 0.717) is 0 Å². The van der Waals surface area contributed by atoms with Crippen molar-refractivity contribution in [2.45, 2.75) is 17.7 Å². The summed E-state index contributed by atoms with van der Waals surface area (Å²) in [6, 6.07) is 0. The molecule has 0 aliphatic rings. The molecule has 0 bridgehead atoms. The van der Waals surface area contributed by atoms with Gasteiger partial charge in [0.05, 0.1) is 12.5 Å². The highest BCUT2D eigenvalue weighted by Gasteiger charge is 2.20. The van der Waals surface area contributed by atoms with Crippen LogP contribution in [0.5, 0.6) is 0 Å². The van der Waals surface area contributed by atoms with E-state index >= 15 is 0 Å². The molecular formula is C5H8Cl2O2. The van der Waals surface area contributed by atoms with E-state index in [0.717, 1.165) is 0 Å². The Balaban J connectivity index is 3.72. The number of halogens is 2. The zero-order valence-corrected chi connectivity index (χ0v) is 6.74. The minimum absolute atomic E-state index is 0.390. The van der Waals surface area contributed by atoms with Crippen molar-refractivity contribution in [2.24, 2.45) is 0 Å². The van der Waals surface area contributed by atoms with Gasteiger partial charge in [-0.2, -0.15) is 0 Å². The van der Waals surface area contributed by atoms with Crippen LogP contribution < -0.4 is 0 Å². The van der Waals surface area contributed by atoms with E-state index in [9.17, 15) is 4.79 Å². The fraction of sp³-hybridized carbons (Fsp3) is 0.800. The number of esters is 1. The van der Waals surface area contributed by atoms with Gasteiger partial charge in [-0.15, -0.1) is 23.2 Å². The number of carbonyl (C=O) groups excluding carboxylic acids is 1. The lowest BCUT2D eigenvalue weighted by Gasteiger charge is -2.07. The first kappa shape index (κ1) is 9.05. The van der Waals surface area contributed by atoms with E-state index in [-0.39, 0.29) is 5.38 Å². The fourth-order valence-electron chi connectivity index (χ4n) is 0.300. The molecule has 0 spiro atoms. The maximum atomic E-state index is 10.5. The van der Waals surface area contributed by atoms with Crippen LogP contribution in [0.4, 0.5) is 0 Å². The van der Waals surface area contributed by atoms with Gasteiger partial charge in [-0.1, -0.05) is 0 Å². The molecule has 2 nitrogen and oxygen atoms in total. The lowest BCUT2D eigenvalue weighted by Crippen LogP contribution is -2.23. The number of alkyl halides is 2. The summed E-state index contributed by atoms with van der Waals surface area (Å²) in [4.78, 5) is 10.5. The SMILES string of the molecule is COC(=O)[C@H](Cl)[C@H](C)Cl. The highest BCUT2D eigenvalue weighted by Crippen LogP contribution is 2.09. The van der Waals surface area contributed by atoms with E-state index < -0.39 is 11.3 Å². The summed E-state index contributed by atoms with van der Waals surface area (Å²) in [7, 11) is 1.27. The number of carbonyl (C=O) groups is 1. The summed E-state index contributed by atoms with van der Waals surface area (Å²) in [5.74, 6) is -0.487. The fourth-order valence-corrected chi connectivity index (χ4v) is 0.492. The third-order valence-corrected chi connectivity index (χ3v) is 1.77. The molecule has 0 fully saturated rings. The molecule has 54 valence electrons. The second-order valence-corrected chi connectivity index (χ2v) is 2.76. The molecule has 0 saturated carbocycles. The predicted molar refractivity (Wildman–Crippen MR) is 37.0 cm³/mol. The van der Waals surface area contributed by atoms with Gasteiger partial charge >= 0.3 is 5.97 Å². The number of hydrogen-bond acceptors (Lipinski definition) is 2. The third kappa shape index (κ3) is 2.92. The van der Waals surface area contributed by atoms with Gasteiger partial charge in [0.1, 0.15) is 5.38 Å². The van der Waals surface area contributed by atoms with Crippen LogP contribution in [0.15, 0.2) is 0 Å². The maximum absolute atomic E-state index is 10.5. The van der Waals surface area contributed by atoms with Crippen LogP contribution in [0.1, 0.15) is 6.92 Å². The molecule has 0 unspecified atom stereocenters. The van der Waals surface area contributed by atoms with Crippen molar-refractivity contribution < 1.29 is 9.53 Å². The first-order valence-corrected chi connectivity index (χ1v) is 3.33. The van der Waals surface area contributed by atoms with Gasteiger partial charge in [-0.25, -0.2) is 0 Å². The van der Waals surface area contributed by atoms with Crippen molar-refractivity contribution in [3.05, 3.63) is 0 Å². The molecule has 0 radical (unpaired) electrons. The Morgan fingerprint density at radius 2 is 2.00 bits per heavy atom. The molecule has 0 aliphatic carbocycles. The van der Waals surface area contributed by atoms with Crippen molar-refractivity contribution in [1.82, 2.24) is 0 Å². The second kappa shape index (κ2) is 3.96. The topological polar surface area (TPSA) is 26.3 Å². The predicted octanol–water partition coefficient (Wildman–Crippen LogP) is 1.39.